The van der Waals surface area contributed by atoms with E-state index in [0.717, 1.165) is 19.4 Å². The van der Waals surface area contributed by atoms with Crippen LogP contribution in [0.5, 0.6) is 0 Å². The Kier molecular flexibility index (Phi) is 8.40. The van der Waals surface area contributed by atoms with Gasteiger partial charge in [-0.1, -0.05) is 13.3 Å². The minimum atomic E-state index is -0.0765. The number of hydrogen-bond donors (Lipinski definition) is 1. The number of amides is 2. The van der Waals surface area contributed by atoms with Crippen LogP contribution in [0.4, 0.5) is 0 Å². The van der Waals surface area contributed by atoms with Gasteiger partial charge in [-0.2, -0.15) is 0 Å². The number of hydrogen-bond acceptors (Lipinski definition) is 3. The summed E-state index contributed by atoms with van der Waals surface area (Å²) in [7, 11) is 3.89. The summed E-state index contributed by atoms with van der Waals surface area (Å²) in [4.78, 5) is 26.5. The zero-order chi connectivity index (χ0) is 13.3. The molecule has 0 fully saturated rings. The first-order valence-electron chi connectivity index (χ1n) is 6.14. The van der Waals surface area contributed by atoms with Crippen LogP contribution in [0.25, 0.3) is 0 Å². The van der Waals surface area contributed by atoms with E-state index in [9.17, 15) is 9.59 Å². The molecule has 17 heavy (non-hydrogen) atoms. The molecular weight excluding hydrogens is 218 g/mol. The maximum atomic E-state index is 11.6. The van der Waals surface area contributed by atoms with Crippen molar-refractivity contribution in [3.05, 3.63) is 0 Å². The van der Waals surface area contributed by atoms with Crippen LogP contribution in [0.2, 0.25) is 0 Å². The quantitative estimate of drug-likeness (QED) is 0.624. The van der Waals surface area contributed by atoms with Gasteiger partial charge in [-0.25, -0.2) is 0 Å². The monoisotopic (exact) mass is 243 g/mol. The van der Waals surface area contributed by atoms with Crippen LogP contribution in [-0.4, -0.2) is 61.9 Å². The van der Waals surface area contributed by atoms with E-state index in [2.05, 4.69) is 12.2 Å². The lowest BCUT2D eigenvalue weighted by molar-refractivity contribution is -0.134. The molecule has 0 aliphatic heterocycles. The van der Waals surface area contributed by atoms with Crippen LogP contribution in [0.3, 0.4) is 0 Å². The Bertz CT molecular complexity index is 242. The van der Waals surface area contributed by atoms with Crippen LogP contribution in [0.1, 0.15) is 26.7 Å². The van der Waals surface area contributed by atoms with Crippen molar-refractivity contribution in [2.75, 3.05) is 40.3 Å². The number of nitrogens with zero attached hydrogens (tertiary/aromatic N) is 2. The van der Waals surface area contributed by atoms with E-state index in [1.807, 2.05) is 19.0 Å². The summed E-state index contributed by atoms with van der Waals surface area (Å²) in [5.74, 6) is -0.134. The molecule has 1 N–H and O–H groups in total. The number of unbranched alkanes of at least 4 members (excludes halogenated alkanes) is 1. The van der Waals surface area contributed by atoms with Gasteiger partial charge in [-0.3, -0.25) is 9.59 Å². The minimum absolute atomic E-state index is 0.0579. The van der Waals surface area contributed by atoms with Gasteiger partial charge in [0, 0.05) is 26.6 Å². The molecule has 0 aliphatic rings. The SMILES string of the molecule is CCCCNC(=O)CN(CCN(C)C)C(C)=O. The predicted octanol–water partition coefficient (Wildman–Crippen LogP) is 0.313. The molecule has 0 aromatic rings. The second-order valence-electron chi connectivity index (χ2n) is 4.45. The molecule has 100 valence electrons. The summed E-state index contributed by atoms with van der Waals surface area (Å²) in [5.41, 5.74) is 0. The fourth-order valence-corrected chi connectivity index (χ4v) is 1.30. The first kappa shape index (κ1) is 15.9. The molecule has 0 atom stereocenters. The number of carbonyl (C=O) groups is 2. The van der Waals surface area contributed by atoms with Crippen LogP contribution in [0.15, 0.2) is 0 Å². The van der Waals surface area contributed by atoms with Crippen molar-refractivity contribution in [3.8, 4) is 0 Å². The van der Waals surface area contributed by atoms with Crippen molar-refractivity contribution in [2.24, 2.45) is 0 Å². The highest BCUT2D eigenvalue weighted by atomic mass is 16.2. The van der Waals surface area contributed by atoms with Crippen molar-refractivity contribution in [2.45, 2.75) is 26.7 Å². The van der Waals surface area contributed by atoms with Gasteiger partial charge < -0.3 is 15.1 Å². The van der Waals surface area contributed by atoms with Crippen LogP contribution < -0.4 is 5.32 Å². The summed E-state index contributed by atoms with van der Waals surface area (Å²) in [5, 5.41) is 2.81. The Labute approximate surface area is 104 Å². The molecule has 0 aromatic heterocycles. The maximum Gasteiger partial charge on any atom is 0.239 e. The van der Waals surface area contributed by atoms with Gasteiger partial charge in [-0.15, -0.1) is 0 Å². The zero-order valence-electron chi connectivity index (χ0n) is 11.5. The Morgan fingerprint density at radius 3 is 2.29 bits per heavy atom. The molecule has 0 aliphatic carbocycles. The van der Waals surface area contributed by atoms with Gasteiger partial charge in [-0.05, 0) is 20.5 Å². The lowest BCUT2D eigenvalue weighted by Gasteiger charge is -2.22. The van der Waals surface area contributed by atoms with E-state index in [-0.39, 0.29) is 18.4 Å². The topological polar surface area (TPSA) is 52.7 Å². The van der Waals surface area contributed by atoms with Crippen molar-refractivity contribution in [1.82, 2.24) is 15.1 Å². The van der Waals surface area contributed by atoms with E-state index in [4.69, 9.17) is 0 Å². The molecule has 0 saturated heterocycles. The summed E-state index contributed by atoms with van der Waals surface area (Å²) in [6, 6.07) is 0. The molecule has 0 heterocycles. The van der Waals surface area contributed by atoms with Gasteiger partial charge in [0.15, 0.2) is 0 Å². The molecule has 0 rings (SSSR count). The largest absolute Gasteiger partial charge is 0.355 e. The van der Waals surface area contributed by atoms with Crippen molar-refractivity contribution in [3.63, 3.8) is 0 Å². The second kappa shape index (κ2) is 8.98. The number of likely N-dealkylation sites (N-methyl/N-ethyl adjacent to an activating group) is 1. The second-order valence-corrected chi connectivity index (χ2v) is 4.45. The molecule has 0 radical (unpaired) electrons. The van der Waals surface area contributed by atoms with Gasteiger partial charge in [0.1, 0.15) is 0 Å². The molecule has 5 nitrogen and oxygen atoms in total. The molecule has 0 bridgehead atoms. The van der Waals surface area contributed by atoms with Crippen molar-refractivity contribution in [1.29, 1.82) is 0 Å². The Hall–Kier alpha value is -1.10. The molecule has 5 heteroatoms. The van der Waals surface area contributed by atoms with E-state index in [0.29, 0.717) is 13.1 Å². The van der Waals surface area contributed by atoms with Gasteiger partial charge in [0.2, 0.25) is 11.8 Å². The molecule has 0 unspecified atom stereocenters. The van der Waals surface area contributed by atoms with Gasteiger partial charge in [0.25, 0.3) is 0 Å². The predicted molar refractivity (Wildman–Crippen MR) is 68.7 cm³/mol. The van der Waals surface area contributed by atoms with Crippen molar-refractivity contribution >= 4 is 11.8 Å². The third-order valence-electron chi connectivity index (χ3n) is 2.45. The van der Waals surface area contributed by atoms with Crippen LogP contribution >= 0.6 is 0 Å². The lowest BCUT2D eigenvalue weighted by Crippen LogP contribution is -2.42. The summed E-state index contributed by atoms with van der Waals surface area (Å²) < 4.78 is 0. The van der Waals surface area contributed by atoms with Gasteiger partial charge >= 0.3 is 0 Å². The summed E-state index contributed by atoms with van der Waals surface area (Å²) in [6.45, 7) is 5.77. The summed E-state index contributed by atoms with van der Waals surface area (Å²) >= 11 is 0. The summed E-state index contributed by atoms with van der Waals surface area (Å²) in [6.07, 6.45) is 2.03. The van der Waals surface area contributed by atoms with Gasteiger partial charge in [0.05, 0.1) is 6.54 Å². The molecular formula is C12H25N3O2. The zero-order valence-corrected chi connectivity index (χ0v) is 11.5. The number of carbonyl (C=O) groups excluding carboxylic acids is 2. The Morgan fingerprint density at radius 1 is 1.18 bits per heavy atom. The molecule has 0 aromatic carbocycles. The first-order valence-corrected chi connectivity index (χ1v) is 6.14. The van der Waals surface area contributed by atoms with E-state index in [1.54, 1.807) is 4.90 Å². The highest BCUT2D eigenvalue weighted by molar-refractivity contribution is 5.83. The average Bonchev–Trinajstić information content (AvgIpc) is 2.23. The fourth-order valence-electron chi connectivity index (χ4n) is 1.30. The van der Waals surface area contributed by atoms with Crippen molar-refractivity contribution < 1.29 is 9.59 Å². The number of nitrogens with one attached hydrogen (secondary N) is 1. The first-order chi connectivity index (χ1) is 7.97. The van der Waals surface area contributed by atoms with E-state index in [1.165, 1.54) is 6.92 Å². The minimum Gasteiger partial charge on any atom is -0.355 e. The third kappa shape index (κ3) is 8.68. The molecule has 0 saturated carbocycles. The van der Waals surface area contributed by atoms with Crippen LogP contribution in [0, 0.1) is 0 Å². The van der Waals surface area contributed by atoms with E-state index < -0.39 is 0 Å². The smallest absolute Gasteiger partial charge is 0.239 e. The number of rotatable bonds is 8. The lowest BCUT2D eigenvalue weighted by atomic mass is 10.3. The Balaban J connectivity index is 3.98. The maximum absolute atomic E-state index is 11.6. The molecule has 2 amide bonds. The standard InChI is InChI=1S/C12H25N3O2/c1-5-6-7-13-12(17)10-15(11(2)16)9-8-14(3)4/h5-10H2,1-4H3,(H,13,17). The van der Waals surface area contributed by atoms with E-state index >= 15 is 0 Å². The third-order valence-corrected chi connectivity index (χ3v) is 2.45. The molecule has 0 spiro atoms. The highest BCUT2D eigenvalue weighted by Gasteiger charge is 2.12. The average molecular weight is 243 g/mol. The van der Waals surface area contributed by atoms with Crippen LogP contribution in [-0.2, 0) is 9.59 Å². The Morgan fingerprint density at radius 2 is 1.82 bits per heavy atom. The normalized spacial score (nSPS) is 10.4. The highest BCUT2D eigenvalue weighted by Crippen LogP contribution is 1.91. The fraction of sp³-hybridized carbons (Fsp3) is 0.833.